The van der Waals surface area contributed by atoms with Crippen molar-refractivity contribution in [3.63, 3.8) is 0 Å². The van der Waals surface area contributed by atoms with Crippen LogP contribution in [0.25, 0.3) is 22.5 Å². The third-order valence-corrected chi connectivity index (χ3v) is 6.66. The lowest BCUT2D eigenvalue weighted by Gasteiger charge is -2.03. The van der Waals surface area contributed by atoms with E-state index in [4.69, 9.17) is 4.42 Å². The van der Waals surface area contributed by atoms with E-state index in [2.05, 4.69) is 11.7 Å². The summed E-state index contributed by atoms with van der Waals surface area (Å²) in [6.07, 6.45) is 0. The van der Waals surface area contributed by atoms with Crippen LogP contribution in [0.15, 0.2) is 85.7 Å². The first kappa shape index (κ1) is 27.4. The van der Waals surface area contributed by atoms with Gasteiger partial charge in [0.15, 0.2) is 0 Å². The number of fused-ring (bicyclic) bond motifs is 1. The fourth-order valence-electron chi connectivity index (χ4n) is 2.96. The molecule has 0 aromatic heterocycles. The molecule has 178 valence electrons. The maximum Gasteiger partial charge on any atom is 0.344 e. The van der Waals surface area contributed by atoms with Crippen LogP contribution in [0.5, 0.6) is 11.5 Å². The quantitative estimate of drug-likeness (QED) is 0.146. The molecule has 0 spiro atoms. The molecule has 0 radical (unpaired) electrons. The van der Waals surface area contributed by atoms with Gasteiger partial charge in [0.2, 0.25) is 5.12 Å². The molecule has 0 fully saturated rings. The normalized spacial score (nSPS) is 10.0. The number of thiol groups is 1. The molecule has 0 saturated carbocycles. The summed E-state index contributed by atoms with van der Waals surface area (Å²) in [5.41, 5.74) is 1.54. The Morgan fingerprint density at radius 2 is 1.38 bits per heavy atom. The maximum absolute atomic E-state index is 12.7. The Balaban J connectivity index is 0.000000970. The van der Waals surface area contributed by atoms with Crippen LogP contribution in [0.3, 0.4) is 0 Å². The van der Waals surface area contributed by atoms with Gasteiger partial charge in [-0.3, -0.25) is 4.79 Å². The fraction of sp³-hybridized carbons (Fsp3) is 0.154. The number of carbonyl (C=O) groups excluding carboxylic acids is 1. The van der Waals surface area contributed by atoms with E-state index in [1.54, 1.807) is 42.5 Å². The van der Waals surface area contributed by atoms with Crippen LogP contribution in [0.4, 0.5) is 0 Å². The van der Waals surface area contributed by atoms with Gasteiger partial charge in [-0.1, -0.05) is 50.6 Å². The van der Waals surface area contributed by atoms with E-state index in [1.807, 2.05) is 27.7 Å². The van der Waals surface area contributed by atoms with Crippen LogP contribution < -0.4 is 5.63 Å². The lowest BCUT2D eigenvalue weighted by molar-refractivity contribution is 0.108. The van der Waals surface area contributed by atoms with Crippen molar-refractivity contribution in [1.29, 1.82) is 0 Å². The van der Waals surface area contributed by atoms with Crippen molar-refractivity contribution in [2.75, 3.05) is 0 Å². The molecule has 34 heavy (non-hydrogen) atoms. The number of carbonyl (C=O) groups is 1. The maximum atomic E-state index is 12.7. The van der Waals surface area contributed by atoms with Gasteiger partial charge in [0.1, 0.15) is 17.3 Å². The van der Waals surface area contributed by atoms with Crippen LogP contribution in [-0.2, 0) is 0 Å². The number of hydrogen-bond acceptors (Lipinski definition) is 8. The molecule has 2 N–H and O–H groups in total. The number of phenolic OH excluding ortho intramolecular Hbond substituents is 2. The van der Waals surface area contributed by atoms with Crippen molar-refractivity contribution >= 4 is 39.3 Å². The van der Waals surface area contributed by atoms with Crippen molar-refractivity contribution in [2.45, 2.75) is 37.5 Å². The van der Waals surface area contributed by atoms with Crippen molar-refractivity contribution < 1.29 is 19.4 Å². The number of rotatable bonds is 4. The average molecular weight is 515 g/mol. The van der Waals surface area contributed by atoms with Gasteiger partial charge in [0, 0.05) is 20.9 Å². The summed E-state index contributed by atoms with van der Waals surface area (Å²) in [6, 6.07) is 17.5. The number of aromatic hydroxyl groups is 2. The van der Waals surface area contributed by atoms with E-state index in [0.717, 1.165) is 16.7 Å². The number of furan rings is 1. The Morgan fingerprint density at radius 1 is 0.824 bits per heavy atom. The third kappa shape index (κ3) is 6.40. The zero-order valence-electron chi connectivity index (χ0n) is 19.2. The summed E-state index contributed by atoms with van der Waals surface area (Å²) < 4.78 is 5.48. The van der Waals surface area contributed by atoms with Crippen LogP contribution in [0, 0.1) is 0 Å². The minimum absolute atomic E-state index is 0.0799. The molecule has 8 heteroatoms. The minimum Gasteiger partial charge on any atom is -0.508 e. The van der Waals surface area contributed by atoms with Crippen molar-refractivity contribution in [3.8, 4) is 33.9 Å². The third-order valence-electron chi connectivity index (χ3n) is 4.41. The highest BCUT2D eigenvalue weighted by Crippen LogP contribution is 2.40. The van der Waals surface area contributed by atoms with Crippen molar-refractivity contribution in [3.05, 3.63) is 82.7 Å². The van der Waals surface area contributed by atoms with E-state index < -0.39 is 5.63 Å². The van der Waals surface area contributed by atoms with Gasteiger partial charge in [0.05, 0.1) is 5.56 Å². The molecule has 1 aliphatic heterocycles. The first-order valence-electron chi connectivity index (χ1n) is 10.7. The van der Waals surface area contributed by atoms with Crippen molar-refractivity contribution in [2.24, 2.45) is 0 Å². The molecule has 0 bridgehead atoms. The average Bonchev–Trinajstić information content (AvgIpc) is 3.07. The number of benzene rings is 2. The topological polar surface area (TPSA) is 87.7 Å². The Bertz CT molecular complexity index is 1250. The fourth-order valence-corrected chi connectivity index (χ4v) is 4.93. The Morgan fingerprint density at radius 3 is 1.94 bits per heavy atom. The Kier molecular flexibility index (Phi) is 10.6. The molecule has 5 nitrogen and oxygen atoms in total. The minimum atomic E-state index is -0.497. The molecule has 2 aliphatic rings. The van der Waals surface area contributed by atoms with Gasteiger partial charge < -0.3 is 14.6 Å². The lowest BCUT2D eigenvalue weighted by Crippen LogP contribution is -1.95. The molecule has 0 unspecified atom stereocenters. The molecular weight excluding hydrogens is 488 g/mol. The predicted molar refractivity (Wildman–Crippen MR) is 145 cm³/mol. The van der Waals surface area contributed by atoms with Crippen LogP contribution in [0.2, 0.25) is 0 Å². The van der Waals surface area contributed by atoms with Gasteiger partial charge in [-0.15, -0.1) is 11.7 Å². The van der Waals surface area contributed by atoms with Gasteiger partial charge in [-0.2, -0.15) is 0 Å². The Hall–Kier alpha value is -2.81. The van der Waals surface area contributed by atoms with Crippen LogP contribution in [0.1, 0.15) is 38.1 Å². The summed E-state index contributed by atoms with van der Waals surface area (Å²) in [6.45, 7) is 8.00. The second-order valence-electron chi connectivity index (χ2n) is 6.32. The summed E-state index contributed by atoms with van der Waals surface area (Å²) in [5.74, 6) is 0.527. The monoisotopic (exact) mass is 514 g/mol. The highest BCUT2D eigenvalue weighted by molar-refractivity contribution is 8.68. The second kappa shape index (κ2) is 13.2. The number of hydrogen-bond donors (Lipinski definition) is 3. The lowest BCUT2D eigenvalue weighted by atomic mass is 10.0. The van der Waals surface area contributed by atoms with Crippen LogP contribution >= 0.6 is 34.2 Å². The number of thioether (sulfide) groups is 1. The molecular formula is C26H26O5S3. The first-order chi connectivity index (χ1) is 16.5. The standard InChI is InChI=1S/C22H14O5S3.2C2H6/c23-14-5-1-12(2-6-14)20-16-9-10-18(30-28)19(11-17(16)27-21(20)25)29-22(26)13-3-7-15(24)8-4-13;2*1-2/h1-11,23-24,28H;2*1-2H3. The zero-order chi connectivity index (χ0) is 25.3. The zero-order valence-corrected chi connectivity index (χ0v) is 21.8. The second-order valence-corrected chi connectivity index (χ2v) is 8.51. The largest absolute Gasteiger partial charge is 0.508 e. The van der Waals surface area contributed by atoms with Gasteiger partial charge in [-0.25, -0.2) is 4.79 Å². The van der Waals surface area contributed by atoms with Crippen LogP contribution in [-0.4, -0.2) is 15.3 Å². The summed E-state index contributed by atoms with van der Waals surface area (Å²) in [7, 11) is 1.18. The van der Waals surface area contributed by atoms with Crippen molar-refractivity contribution in [1.82, 2.24) is 0 Å². The van der Waals surface area contributed by atoms with E-state index in [9.17, 15) is 19.8 Å². The molecule has 2 aromatic rings. The van der Waals surface area contributed by atoms with E-state index >= 15 is 0 Å². The Labute approximate surface area is 212 Å². The molecule has 0 amide bonds. The van der Waals surface area contributed by atoms with E-state index in [-0.39, 0.29) is 16.6 Å². The summed E-state index contributed by atoms with van der Waals surface area (Å²) in [5, 5.41) is 18.7. The highest BCUT2D eigenvalue weighted by Gasteiger charge is 2.21. The molecule has 2 aromatic carbocycles. The summed E-state index contributed by atoms with van der Waals surface area (Å²) in [4.78, 5) is 26.5. The number of phenols is 2. The van der Waals surface area contributed by atoms with E-state index in [1.165, 1.54) is 35.1 Å². The smallest absolute Gasteiger partial charge is 0.344 e. The SMILES string of the molecule is CC.CC.O=C(Sc1cc2oc(=O)c(-c3ccc(O)cc3)c-2ccc1SS)c1ccc(O)cc1. The molecule has 0 saturated heterocycles. The molecule has 0 atom stereocenters. The van der Waals surface area contributed by atoms with E-state index in [0.29, 0.717) is 32.9 Å². The molecule has 4 rings (SSSR count). The van der Waals surface area contributed by atoms with Gasteiger partial charge >= 0.3 is 5.63 Å². The highest BCUT2D eigenvalue weighted by atomic mass is 33.1. The summed E-state index contributed by atoms with van der Waals surface area (Å²) >= 11 is 5.28. The molecule has 1 heterocycles. The first-order valence-corrected chi connectivity index (χ1v) is 13.4. The molecule has 1 aliphatic carbocycles. The van der Waals surface area contributed by atoms with Gasteiger partial charge in [0.25, 0.3) is 0 Å². The predicted octanol–water partition coefficient (Wildman–Crippen LogP) is 7.74. The van der Waals surface area contributed by atoms with Gasteiger partial charge in [-0.05, 0) is 71.9 Å².